The minimum absolute atomic E-state index is 0.0538. The molecule has 0 aliphatic carbocycles. The number of aromatic nitrogens is 5. The maximum Gasteiger partial charge on any atom is 0.291 e. The highest BCUT2D eigenvalue weighted by molar-refractivity contribution is 5.90. The van der Waals surface area contributed by atoms with Gasteiger partial charge in [-0.25, -0.2) is 18.4 Å². The van der Waals surface area contributed by atoms with Crippen LogP contribution < -0.4 is 5.32 Å². The number of nitrogens with one attached hydrogen (secondary N) is 1. The Morgan fingerprint density at radius 3 is 2.33 bits per heavy atom. The monoisotopic (exact) mass is 410 g/mol. The second-order valence-electron chi connectivity index (χ2n) is 6.53. The van der Waals surface area contributed by atoms with Crippen molar-refractivity contribution >= 4 is 5.91 Å². The second kappa shape index (κ2) is 7.82. The maximum atomic E-state index is 13.1. The van der Waals surface area contributed by atoms with Gasteiger partial charge in [0.1, 0.15) is 23.5 Å². The van der Waals surface area contributed by atoms with E-state index in [1.54, 1.807) is 13.8 Å². The van der Waals surface area contributed by atoms with E-state index in [9.17, 15) is 13.6 Å². The van der Waals surface area contributed by atoms with E-state index in [1.807, 2.05) is 0 Å². The van der Waals surface area contributed by atoms with Crippen molar-refractivity contribution in [1.29, 1.82) is 0 Å². The van der Waals surface area contributed by atoms with Crippen LogP contribution in [0, 0.1) is 18.6 Å². The number of benzene rings is 2. The lowest BCUT2D eigenvalue weighted by Crippen LogP contribution is -2.28. The number of rotatable bonds is 5. The lowest BCUT2D eigenvalue weighted by Gasteiger charge is -2.07. The van der Waals surface area contributed by atoms with Gasteiger partial charge in [-0.3, -0.25) is 4.79 Å². The molecule has 0 saturated heterocycles. The van der Waals surface area contributed by atoms with Crippen molar-refractivity contribution in [2.75, 3.05) is 0 Å². The minimum atomic E-state index is -0.614. The largest absolute Gasteiger partial charge is 0.338 e. The highest BCUT2D eigenvalue weighted by atomic mass is 19.1. The second-order valence-corrected chi connectivity index (χ2v) is 6.53. The fourth-order valence-electron chi connectivity index (χ4n) is 2.76. The summed E-state index contributed by atoms with van der Waals surface area (Å²) in [5, 5.41) is 10.7. The first-order chi connectivity index (χ1) is 14.4. The van der Waals surface area contributed by atoms with Crippen molar-refractivity contribution in [3.63, 3.8) is 0 Å². The number of halogens is 2. The fraction of sp³-hybridized carbons (Fsp3) is 0.150. The van der Waals surface area contributed by atoms with Crippen LogP contribution in [0.1, 0.15) is 35.3 Å². The van der Waals surface area contributed by atoms with Gasteiger partial charge in [0.05, 0.1) is 5.69 Å². The van der Waals surface area contributed by atoms with Crippen LogP contribution in [0.2, 0.25) is 0 Å². The molecule has 0 saturated carbocycles. The Kier molecular flexibility index (Phi) is 5.05. The molecular weight excluding hydrogens is 394 g/mol. The Balaban J connectivity index is 1.48. The summed E-state index contributed by atoms with van der Waals surface area (Å²) in [4.78, 5) is 21.0. The van der Waals surface area contributed by atoms with Crippen molar-refractivity contribution < 1.29 is 18.1 Å². The standard InChI is InChI=1S/C20H16F2N6O2/c1-11(20-25-17(27-30-20)13-3-5-14(21)6-4-13)23-19(29)18-24-12(2)28(26-18)16-9-7-15(22)8-10-16/h3-11H,1-2H3,(H,23,29). The van der Waals surface area contributed by atoms with Crippen LogP contribution in [-0.4, -0.2) is 30.8 Å². The molecule has 8 nitrogen and oxygen atoms in total. The topological polar surface area (TPSA) is 98.7 Å². The van der Waals surface area contributed by atoms with Crippen molar-refractivity contribution in [1.82, 2.24) is 30.2 Å². The average molecular weight is 410 g/mol. The van der Waals surface area contributed by atoms with Gasteiger partial charge in [0.15, 0.2) is 0 Å². The molecule has 1 atom stereocenters. The number of carbonyl (C=O) groups is 1. The molecule has 1 amide bonds. The first-order valence-corrected chi connectivity index (χ1v) is 9.01. The molecule has 0 radical (unpaired) electrons. The van der Waals surface area contributed by atoms with E-state index in [0.717, 1.165) is 0 Å². The molecule has 1 unspecified atom stereocenters. The van der Waals surface area contributed by atoms with Gasteiger partial charge in [0.2, 0.25) is 17.5 Å². The molecule has 2 aromatic heterocycles. The van der Waals surface area contributed by atoms with Gasteiger partial charge >= 0.3 is 0 Å². The molecule has 0 bridgehead atoms. The van der Waals surface area contributed by atoms with Gasteiger partial charge in [0.25, 0.3) is 5.91 Å². The summed E-state index contributed by atoms with van der Waals surface area (Å²) in [5.41, 5.74) is 1.16. The van der Waals surface area contributed by atoms with Crippen LogP contribution in [0.5, 0.6) is 0 Å². The number of hydrogen-bond acceptors (Lipinski definition) is 6. The molecule has 4 aromatic rings. The Morgan fingerprint density at radius 1 is 1.03 bits per heavy atom. The van der Waals surface area contributed by atoms with E-state index in [2.05, 4.69) is 25.5 Å². The summed E-state index contributed by atoms with van der Waals surface area (Å²) < 4.78 is 32.8. The van der Waals surface area contributed by atoms with Crippen LogP contribution in [0.4, 0.5) is 8.78 Å². The summed E-state index contributed by atoms with van der Waals surface area (Å²) in [6.45, 7) is 3.35. The summed E-state index contributed by atoms with van der Waals surface area (Å²) in [6, 6.07) is 10.7. The lowest BCUT2D eigenvalue weighted by atomic mass is 10.2. The van der Waals surface area contributed by atoms with E-state index >= 15 is 0 Å². The summed E-state index contributed by atoms with van der Waals surface area (Å²) in [5.74, 6) is -0.405. The third-order valence-electron chi connectivity index (χ3n) is 4.31. The zero-order valence-electron chi connectivity index (χ0n) is 16.0. The van der Waals surface area contributed by atoms with Gasteiger partial charge in [-0.2, -0.15) is 4.98 Å². The third-order valence-corrected chi connectivity index (χ3v) is 4.31. The maximum absolute atomic E-state index is 13.1. The van der Waals surface area contributed by atoms with Crippen LogP contribution in [-0.2, 0) is 0 Å². The number of carbonyl (C=O) groups excluding carboxylic acids is 1. The Hall–Kier alpha value is -3.95. The quantitative estimate of drug-likeness (QED) is 0.542. The van der Waals surface area contributed by atoms with Gasteiger partial charge in [-0.1, -0.05) is 5.16 Å². The fourth-order valence-corrected chi connectivity index (χ4v) is 2.76. The van der Waals surface area contributed by atoms with Crippen LogP contribution in [0.25, 0.3) is 17.1 Å². The summed E-state index contributed by atoms with van der Waals surface area (Å²) in [7, 11) is 0. The molecule has 0 spiro atoms. The van der Waals surface area contributed by atoms with Crippen molar-refractivity contribution in [2.45, 2.75) is 19.9 Å². The van der Waals surface area contributed by atoms with E-state index in [4.69, 9.17) is 4.52 Å². The highest BCUT2D eigenvalue weighted by Gasteiger charge is 2.21. The van der Waals surface area contributed by atoms with E-state index in [0.29, 0.717) is 17.1 Å². The number of amides is 1. The predicted molar refractivity (Wildman–Crippen MR) is 102 cm³/mol. The number of hydrogen-bond donors (Lipinski definition) is 1. The zero-order chi connectivity index (χ0) is 21.3. The number of aryl methyl sites for hydroxylation is 1. The first kappa shape index (κ1) is 19.4. The van der Waals surface area contributed by atoms with Gasteiger partial charge < -0.3 is 9.84 Å². The smallest absolute Gasteiger partial charge is 0.291 e. The zero-order valence-corrected chi connectivity index (χ0v) is 16.0. The Bertz CT molecular complexity index is 1180. The van der Waals surface area contributed by atoms with Crippen molar-refractivity contribution in [2.24, 2.45) is 0 Å². The molecule has 4 rings (SSSR count). The van der Waals surface area contributed by atoms with Crippen molar-refractivity contribution in [3.8, 4) is 17.1 Å². The molecule has 1 N–H and O–H groups in total. The molecule has 2 heterocycles. The van der Waals surface area contributed by atoms with E-state index in [1.165, 1.54) is 53.2 Å². The predicted octanol–water partition coefficient (Wildman–Crippen LogP) is 3.39. The van der Waals surface area contributed by atoms with Crippen molar-refractivity contribution in [3.05, 3.63) is 77.7 Å². The molecule has 30 heavy (non-hydrogen) atoms. The molecule has 152 valence electrons. The average Bonchev–Trinajstić information content (AvgIpc) is 3.37. The summed E-state index contributed by atoms with van der Waals surface area (Å²) in [6.07, 6.45) is 0. The molecule has 0 aliphatic heterocycles. The normalized spacial score (nSPS) is 12.0. The highest BCUT2D eigenvalue weighted by Crippen LogP contribution is 2.19. The third kappa shape index (κ3) is 3.93. The van der Waals surface area contributed by atoms with Crippen LogP contribution >= 0.6 is 0 Å². The van der Waals surface area contributed by atoms with Crippen LogP contribution in [0.3, 0.4) is 0 Å². The van der Waals surface area contributed by atoms with E-state index < -0.39 is 11.9 Å². The van der Waals surface area contributed by atoms with Gasteiger partial charge in [0, 0.05) is 5.56 Å². The summed E-state index contributed by atoms with van der Waals surface area (Å²) >= 11 is 0. The molecule has 10 heteroatoms. The van der Waals surface area contributed by atoms with Gasteiger partial charge in [-0.05, 0) is 62.4 Å². The lowest BCUT2D eigenvalue weighted by molar-refractivity contribution is 0.0922. The molecular formula is C20H16F2N6O2. The Labute approximate surface area is 169 Å². The first-order valence-electron chi connectivity index (χ1n) is 9.01. The molecule has 2 aromatic carbocycles. The van der Waals surface area contributed by atoms with Crippen LogP contribution in [0.15, 0.2) is 53.1 Å². The minimum Gasteiger partial charge on any atom is -0.338 e. The SMILES string of the molecule is Cc1nc(C(=O)NC(C)c2nc(-c3ccc(F)cc3)no2)nn1-c1ccc(F)cc1. The molecule has 0 fully saturated rings. The Morgan fingerprint density at radius 2 is 1.67 bits per heavy atom. The number of nitrogens with zero attached hydrogens (tertiary/aromatic N) is 5. The van der Waals surface area contributed by atoms with E-state index in [-0.39, 0.29) is 29.2 Å². The molecule has 0 aliphatic rings. The van der Waals surface area contributed by atoms with Gasteiger partial charge in [-0.15, -0.1) is 5.10 Å².